The standard InChI is InChI=1S/C14H14Cl2N2O2/c1-2-3-4-5-13(19)17-9-14(20)18-12-8-10(15)6-7-11(12)16/h2-8H,9H2,1H3,(H,17,19)(H,18,20)/b3-2+,5-4+. The van der Waals surface area contributed by atoms with Crippen LogP contribution in [-0.2, 0) is 9.59 Å². The first-order valence-corrected chi connectivity index (χ1v) is 6.60. The van der Waals surface area contributed by atoms with Gasteiger partial charge < -0.3 is 10.6 Å². The van der Waals surface area contributed by atoms with Gasteiger partial charge in [-0.25, -0.2) is 0 Å². The summed E-state index contributed by atoms with van der Waals surface area (Å²) >= 11 is 11.7. The van der Waals surface area contributed by atoms with Gasteiger partial charge in [-0.15, -0.1) is 0 Å². The van der Waals surface area contributed by atoms with Crippen molar-refractivity contribution in [2.75, 3.05) is 11.9 Å². The molecular formula is C14H14Cl2N2O2. The topological polar surface area (TPSA) is 58.2 Å². The monoisotopic (exact) mass is 312 g/mol. The number of carbonyl (C=O) groups is 2. The lowest BCUT2D eigenvalue weighted by Gasteiger charge is -2.07. The molecule has 0 aliphatic heterocycles. The highest BCUT2D eigenvalue weighted by Crippen LogP contribution is 2.25. The van der Waals surface area contributed by atoms with Gasteiger partial charge in [0.05, 0.1) is 17.3 Å². The number of halogens is 2. The predicted molar refractivity (Wildman–Crippen MR) is 82.1 cm³/mol. The van der Waals surface area contributed by atoms with Crippen molar-refractivity contribution in [1.29, 1.82) is 0 Å². The number of hydrogen-bond acceptors (Lipinski definition) is 2. The van der Waals surface area contributed by atoms with E-state index in [1.54, 1.807) is 30.4 Å². The first-order chi connectivity index (χ1) is 9.52. The number of benzene rings is 1. The second-order valence-corrected chi connectivity index (χ2v) is 4.62. The summed E-state index contributed by atoms with van der Waals surface area (Å²) < 4.78 is 0. The van der Waals surface area contributed by atoms with Gasteiger partial charge in [-0.3, -0.25) is 9.59 Å². The molecular weight excluding hydrogens is 299 g/mol. The van der Waals surface area contributed by atoms with Gasteiger partial charge in [-0.05, 0) is 25.1 Å². The number of hydrogen-bond donors (Lipinski definition) is 2. The zero-order valence-electron chi connectivity index (χ0n) is 10.8. The fourth-order valence-corrected chi connectivity index (χ4v) is 1.60. The van der Waals surface area contributed by atoms with Gasteiger partial charge in [0, 0.05) is 11.1 Å². The Morgan fingerprint density at radius 2 is 2.00 bits per heavy atom. The summed E-state index contributed by atoms with van der Waals surface area (Å²) in [5, 5.41) is 5.85. The molecule has 1 aromatic rings. The summed E-state index contributed by atoms with van der Waals surface area (Å²) in [5.41, 5.74) is 0.405. The average Bonchev–Trinajstić information content (AvgIpc) is 2.41. The molecule has 1 rings (SSSR count). The molecule has 2 amide bonds. The Morgan fingerprint density at radius 3 is 2.70 bits per heavy atom. The van der Waals surface area contributed by atoms with E-state index in [0.29, 0.717) is 15.7 Å². The van der Waals surface area contributed by atoms with E-state index in [-0.39, 0.29) is 18.4 Å². The maximum atomic E-state index is 11.6. The Balaban J connectivity index is 2.48. The molecule has 0 saturated carbocycles. The summed E-state index contributed by atoms with van der Waals surface area (Å²) in [6, 6.07) is 4.74. The van der Waals surface area contributed by atoms with Crippen LogP contribution in [0, 0.1) is 0 Å². The molecule has 20 heavy (non-hydrogen) atoms. The molecule has 106 valence electrons. The van der Waals surface area contributed by atoms with Crippen molar-refractivity contribution >= 4 is 40.7 Å². The molecule has 0 saturated heterocycles. The molecule has 0 heterocycles. The molecule has 2 N–H and O–H groups in total. The number of carbonyl (C=O) groups excluding carboxylic acids is 2. The third-order valence-electron chi connectivity index (χ3n) is 2.18. The summed E-state index contributed by atoms with van der Waals surface area (Å²) in [4.78, 5) is 23.0. The number of nitrogens with one attached hydrogen (secondary N) is 2. The zero-order chi connectivity index (χ0) is 15.0. The van der Waals surface area contributed by atoms with E-state index in [0.717, 1.165) is 0 Å². The van der Waals surface area contributed by atoms with E-state index in [1.165, 1.54) is 12.1 Å². The summed E-state index contributed by atoms with van der Waals surface area (Å²) in [7, 11) is 0. The van der Waals surface area contributed by atoms with Crippen LogP contribution in [0.2, 0.25) is 10.0 Å². The lowest BCUT2D eigenvalue weighted by Crippen LogP contribution is -2.31. The van der Waals surface area contributed by atoms with E-state index >= 15 is 0 Å². The third kappa shape index (κ3) is 5.91. The zero-order valence-corrected chi connectivity index (χ0v) is 12.3. The van der Waals surface area contributed by atoms with Crippen molar-refractivity contribution in [2.45, 2.75) is 6.92 Å². The van der Waals surface area contributed by atoms with Crippen molar-refractivity contribution in [3.05, 3.63) is 52.5 Å². The van der Waals surface area contributed by atoms with Crippen LogP contribution in [0.3, 0.4) is 0 Å². The summed E-state index contributed by atoms with van der Waals surface area (Å²) in [5.74, 6) is -0.739. The number of anilines is 1. The molecule has 6 heteroatoms. The Morgan fingerprint density at radius 1 is 1.25 bits per heavy atom. The molecule has 1 aromatic carbocycles. The van der Waals surface area contributed by atoms with Gasteiger partial charge in [0.15, 0.2) is 0 Å². The molecule has 4 nitrogen and oxygen atoms in total. The van der Waals surface area contributed by atoms with Gasteiger partial charge in [-0.2, -0.15) is 0 Å². The molecule has 0 unspecified atom stereocenters. The molecule has 0 fully saturated rings. The highest BCUT2D eigenvalue weighted by molar-refractivity contribution is 6.35. The van der Waals surface area contributed by atoms with Crippen molar-refractivity contribution in [2.24, 2.45) is 0 Å². The number of allylic oxidation sites excluding steroid dienone is 3. The Hall–Kier alpha value is -1.78. The SMILES string of the molecule is C/C=C/C=C/C(=O)NCC(=O)Nc1cc(Cl)ccc1Cl. The number of amides is 2. The van der Waals surface area contributed by atoms with Gasteiger partial charge in [-0.1, -0.05) is 41.4 Å². The highest BCUT2D eigenvalue weighted by Gasteiger charge is 2.07. The minimum absolute atomic E-state index is 0.151. The lowest BCUT2D eigenvalue weighted by atomic mass is 10.3. The molecule has 0 aromatic heterocycles. The molecule has 0 aliphatic carbocycles. The fourth-order valence-electron chi connectivity index (χ4n) is 1.27. The van der Waals surface area contributed by atoms with Crippen molar-refractivity contribution in [3.8, 4) is 0 Å². The van der Waals surface area contributed by atoms with Crippen molar-refractivity contribution < 1.29 is 9.59 Å². The van der Waals surface area contributed by atoms with E-state index < -0.39 is 0 Å². The van der Waals surface area contributed by atoms with Gasteiger partial charge >= 0.3 is 0 Å². The first-order valence-electron chi connectivity index (χ1n) is 5.85. The van der Waals surface area contributed by atoms with Crippen LogP contribution in [0.25, 0.3) is 0 Å². The van der Waals surface area contributed by atoms with Crippen LogP contribution >= 0.6 is 23.2 Å². The molecule has 0 radical (unpaired) electrons. The lowest BCUT2D eigenvalue weighted by molar-refractivity contribution is -0.121. The highest BCUT2D eigenvalue weighted by atomic mass is 35.5. The van der Waals surface area contributed by atoms with Crippen LogP contribution in [0.15, 0.2) is 42.5 Å². The maximum Gasteiger partial charge on any atom is 0.244 e. The van der Waals surface area contributed by atoms with Crippen LogP contribution in [0.4, 0.5) is 5.69 Å². The average molecular weight is 313 g/mol. The molecule has 0 atom stereocenters. The van der Waals surface area contributed by atoms with Gasteiger partial charge in [0.1, 0.15) is 0 Å². The smallest absolute Gasteiger partial charge is 0.244 e. The normalized spacial score (nSPS) is 10.9. The van der Waals surface area contributed by atoms with Crippen LogP contribution in [-0.4, -0.2) is 18.4 Å². The van der Waals surface area contributed by atoms with Gasteiger partial charge in [0.2, 0.25) is 11.8 Å². The first kappa shape index (κ1) is 16.3. The summed E-state index contributed by atoms with van der Waals surface area (Å²) in [6.07, 6.45) is 6.42. The Labute approximate surface area is 127 Å². The third-order valence-corrected chi connectivity index (χ3v) is 2.74. The van der Waals surface area contributed by atoms with E-state index in [2.05, 4.69) is 10.6 Å². The minimum atomic E-state index is -0.387. The van der Waals surface area contributed by atoms with E-state index in [4.69, 9.17) is 23.2 Å². The maximum absolute atomic E-state index is 11.6. The van der Waals surface area contributed by atoms with Crippen molar-refractivity contribution in [1.82, 2.24) is 5.32 Å². The fraction of sp³-hybridized carbons (Fsp3) is 0.143. The van der Waals surface area contributed by atoms with Crippen molar-refractivity contribution in [3.63, 3.8) is 0 Å². The second kappa shape index (κ2) is 8.40. The second-order valence-electron chi connectivity index (χ2n) is 3.78. The minimum Gasteiger partial charge on any atom is -0.343 e. The van der Waals surface area contributed by atoms with E-state index in [9.17, 15) is 9.59 Å². The van der Waals surface area contributed by atoms with Gasteiger partial charge in [0.25, 0.3) is 0 Å². The van der Waals surface area contributed by atoms with E-state index in [1.807, 2.05) is 6.92 Å². The Bertz CT molecular complexity index is 554. The quantitative estimate of drug-likeness (QED) is 0.648. The number of rotatable bonds is 5. The van der Waals surface area contributed by atoms with Crippen LogP contribution in [0.5, 0.6) is 0 Å². The Kier molecular flexibility index (Phi) is 6.84. The predicted octanol–water partition coefficient (Wildman–Crippen LogP) is 3.18. The van der Waals surface area contributed by atoms with Crippen LogP contribution < -0.4 is 10.6 Å². The summed E-state index contributed by atoms with van der Waals surface area (Å²) in [6.45, 7) is 1.69. The molecule has 0 bridgehead atoms. The largest absolute Gasteiger partial charge is 0.343 e. The molecule has 0 spiro atoms. The van der Waals surface area contributed by atoms with Crippen LogP contribution in [0.1, 0.15) is 6.92 Å². The molecule has 0 aliphatic rings.